The van der Waals surface area contributed by atoms with Gasteiger partial charge in [-0.1, -0.05) is 27.1 Å². The van der Waals surface area contributed by atoms with Crippen LogP contribution in [0.15, 0.2) is 0 Å². The van der Waals surface area contributed by atoms with Crippen LogP contribution >= 0.6 is 0 Å². The fraction of sp³-hybridized carbons (Fsp3) is 1.00. The average Bonchev–Trinajstić information content (AvgIpc) is 1.61. The molecular formula is C6H15BO. The number of rotatable bonds is 3. The molecular weight excluding hydrogens is 98.9 g/mol. The molecule has 0 aromatic heterocycles. The van der Waals surface area contributed by atoms with Crippen LogP contribution in [-0.2, 0) is 0 Å². The molecule has 0 heterocycles. The summed E-state index contributed by atoms with van der Waals surface area (Å²) in [5, 5.41) is 8.80. The molecule has 1 nitrogen and oxygen atoms in total. The van der Waals surface area contributed by atoms with Crippen LogP contribution in [0.2, 0.25) is 13.1 Å². The van der Waals surface area contributed by atoms with Crippen molar-refractivity contribution in [1.82, 2.24) is 0 Å². The Morgan fingerprint density at radius 2 is 2.00 bits per heavy atom. The SMILES string of the molecule is CB(O)CCC(C)C. The van der Waals surface area contributed by atoms with Crippen molar-refractivity contribution in [2.75, 3.05) is 0 Å². The highest BCUT2D eigenvalue weighted by Crippen LogP contribution is 2.04. The van der Waals surface area contributed by atoms with E-state index >= 15 is 0 Å². The Kier molecular flexibility index (Phi) is 3.97. The summed E-state index contributed by atoms with van der Waals surface area (Å²) in [4.78, 5) is 0. The smallest absolute Gasteiger partial charge is 0.285 e. The van der Waals surface area contributed by atoms with E-state index in [-0.39, 0.29) is 6.92 Å². The zero-order valence-corrected chi connectivity index (χ0v) is 6.02. The molecule has 48 valence electrons. The van der Waals surface area contributed by atoms with Crippen LogP contribution in [0.25, 0.3) is 0 Å². The summed E-state index contributed by atoms with van der Waals surface area (Å²) in [7, 11) is 0. The van der Waals surface area contributed by atoms with Gasteiger partial charge >= 0.3 is 0 Å². The first-order valence-electron chi connectivity index (χ1n) is 3.31. The second-order valence-electron chi connectivity index (χ2n) is 2.82. The predicted molar refractivity (Wildman–Crippen MR) is 38.1 cm³/mol. The summed E-state index contributed by atoms with van der Waals surface area (Å²) >= 11 is 0. The first-order valence-corrected chi connectivity index (χ1v) is 3.31. The van der Waals surface area contributed by atoms with Gasteiger partial charge in [0.05, 0.1) is 0 Å². The quantitative estimate of drug-likeness (QED) is 0.553. The van der Waals surface area contributed by atoms with Gasteiger partial charge in [0.2, 0.25) is 0 Å². The van der Waals surface area contributed by atoms with Crippen LogP contribution in [-0.4, -0.2) is 11.9 Å². The summed E-state index contributed by atoms with van der Waals surface area (Å²) in [6, 6.07) is 0. The maximum absolute atomic E-state index is 8.80. The zero-order valence-electron chi connectivity index (χ0n) is 6.02. The molecule has 1 N–H and O–H groups in total. The molecule has 0 aliphatic carbocycles. The van der Waals surface area contributed by atoms with Crippen molar-refractivity contribution in [2.45, 2.75) is 33.4 Å². The minimum atomic E-state index is -0.114. The topological polar surface area (TPSA) is 20.2 Å². The van der Waals surface area contributed by atoms with Crippen molar-refractivity contribution in [3.8, 4) is 0 Å². The molecule has 0 rings (SSSR count). The highest BCUT2D eigenvalue weighted by Gasteiger charge is 2.02. The molecule has 0 saturated heterocycles. The maximum Gasteiger partial charge on any atom is 0.285 e. The van der Waals surface area contributed by atoms with Crippen LogP contribution < -0.4 is 0 Å². The van der Waals surface area contributed by atoms with Crippen molar-refractivity contribution in [2.24, 2.45) is 5.92 Å². The third-order valence-electron chi connectivity index (χ3n) is 1.16. The van der Waals surface area contributed by atoms with Crippen molar-refractivity contribution >= 4 is 6.92 Å². The third kappa shape index (κ3) is 6.02. The molecule has 0 amide bonds. The molecule has 0 bridgehead atoms. The van der Waals surface area contributed by atoms with Crippen molar-refractivity contribution in [3.05, 3.63) is 0 Å². The Bertz CT molecular complexity index is 44.5. The minimum Gasteiger partial charge on any atom is -0.451 e. The molecule has 0 atom stereocenters. The van der Waals surface area contributed by atoms with E-state index in [1.54, 1.807) is 0 Å². The minimum absolute atomic E-state index is 0.114. The van der Waals surface area contributed by atoms with E-state index in [1.165, 1.54) is 0 Å². The van der Waals surface area contributed by atoms with Crippen molar-refractivity contribution < 1.29 is 5.02 Å². The van der Waals surface area contributed by atoms with Gasteiger partial charge in [0.1, 0.15) is 0 Å². The molecule has 8 heavy (non-hydrogen) atoms. The van der Waals surface area contributed by atoms with Crippen LogP contribution in [0.4, 0.5) is 0 Å². The Labute approximate surface area is 52.2 Å². The molecule has 0 aliphatic rings. The van der Waals surface area contributed by atoms with Crippen molar-refractivity contribution in [1.29, 1.82) is 0 Å². The molecule has 0 aromatic rings. The van der Waals surface area contributed by atoms with Crippen LogP contribution in [0.3, 0.4) is 0 Å². The van der Waals surface area contributed by atoms with Crippen LogP contribution in [0.5, 0.6) is 0 Å². The Balaban J connectivity index is 2.93. The lowest BCUT2D eigenvalue weighted by Crippen LogP contribution is -2.05. The zero-order chi connectivity index (χ0) is 6.57. The highest BCUT2D eigenvalue weighted by atomic mass is 16.2. The van der Waals surface area contributed by atoms with E-state index in [0.717, 1.165) is 18.7 Å². The largest absolute Gasteiger partial charge is 0.451 e. The van der Waals surface area contributed by atoms with Gasteiger partial charge in [0.25, 0.3) is 6.92 Å². The molecule has 0 unspecified atom stereocenters. The van der Waals surface area contributed by atoms with Crippen LogP contribution in [0, 0.1) is 5.92 Å². The Morgan fingerprint density at radius 3 is 2.12 bits per heavy atom. The first-order chi connectivity index (χ1) is 3.63. The van der Waals surface area contributed by atoms with Gasteiger partial charge in [-0.25, -0.2) is 0 Å². The fourth-order valence-electron chi connectivity index (χ4n) is 0.575. The standard InChI is InChI=1S/C6H15BO/c1-6(2)4-5-7(3)8/h6,8H,4-5H2,1-3H3. The summed E-state index contributed by atoms with van der Waals surface area (Å²) in [6.45, 7) is 6.06. The predicted octanol–water partition coefficient (Wildman–Crippen LogP) is 1.65. The summed E-state index contributed by atoms with van der Waals surface area (Å²) < 4.78 is 0. The molecule has 0 spiro atoms. The normalized spacial score (nSPS) is 10.1. The Hall–Kier alpha value is 0.0249. The number of hydrogen-bond acceptors (Lipinski definition) is 1. The summed E-state index contributed by atoms with van der Waals surface area (Å²) in [5.74, 6) is 0.726. The van der Waals surface area contributed by atoms with Gasteiger partial charge in [-0.05, 0) is 12.2 Å². The molecule has 0 fully saturated rings. The average molecular weight is 114 g/mol. The highest BCUT2D eigenvalue weighted by molar-refractivity contribution is 6.48. The fourth-order valence-corrected chi connectivity index (χ4v) is 0.575. The van der Waals surface area contributed by atoms with E-state index in [4.69, 9.17) is 5.02 Å². The third-order valence-corrected chi connectivity index (χ3v) is 1.16. The molecule has 0 radical (unpaired) electrons. The van der Waals surface area contributed by atoms with Gasteiger partial charge in [0.15, 0.2) is 0 Å². The lowest BCUT2D eigenvalue weighted by Gasteiger charge is -2.02. The second-order valence-corrected chi connectivity index (χ2v) is 2.82. The van der Waals surface area contributed by atoms with Gasteiger partial charge in [-0.2, -0.15) is 0 Å². The van der Waals surface area contributed by atoms with Gasteiger partial charge in [-0.15, -0.1) is 0 Å². The second kappa shape index (κ2) is 3.96. The lowest BCUT2D eigenvalue weighted by atomic mass is 9.66. The first kappa shape index (κ1) is 8.02. The summed E-state index contributed by atoms with van der Waals surface area (Å²) in [5.41, 5.74) is 0. The van der Waals surface area contributed by atoms with Crippen LogP contribution in [0.1, 0.15) is 20.3 Å². The molecule has 0 aliphatic heterocycles. The van der Waals surface area contributed by atoms with Gasteiger partial charge < -0.3 is 5.02 Å². The lowest BCUT2D eigenvalue weighted by molar-refractivity contribution is 0.548. The molecule has 0 saturated carbocycles. The van der Waals surface area contributed by atoms with E-state index in [9.17, 15) is 0 Å². The van der Waals surface area contributed by atoms with Gasteiger partial charge in [-0.3, -0.25) is 0 Å². The summed E-state index contributed by atoms with van der Waals surface area (Å²) in [6.07, 6.45) is 2.08. The van der Waals surface area contributed by atoms with Crippen molar-refractivity contribution in [3.63, 3.8) is 0 Å². The van der Waals surface area contributed by atoms with E-state index in [2.05, 4.69) is 13.8 Å². The molecule has 2 heteroatoms. The number of hydrogen-bond donors (Lipinski definition) is 1. The van der Waals surface area contributed by atoms with Gasteiger partial charge in [0, 0.05) is 0 Å². The monoisotopic (exact) mass is 114 g/mol. The van der Waals surface area contributed by atoms with E-state index in [0.29, 0.717) is 0 Å². The van der Waals surface area contributed by atoms with E-state index in [1.807, 2.05) is 6.82 Å². The molecule has 0 aromatic carbocycles. The Morgan fingerprint density at radius 1 is 1.50 bits per heavy atom. The van der Waals surface area contributed by atoms with E-state index < -0.39 is 0 Å². The maximum atomic E-state index is 8.80.